The first kappa shape index (κ1) is 18.0. The topological polar surface area (TPSA) is 66.8 Å². The number of hydrogen-bond acceptors (Lipinski definition) is 4. The van der Waals surface area contributed by atoms with Crippen molar-refractivity contribution in [3.05, 3.63) is 95.0 Å². The highest BCUT2D eigenvalue weighted by atomic mass is 16.6. The minimum absolute atomic E-state index is 0.491. The summed E-state index contributed by atoms with van der Waals surface area (Å²) < 4.78 is 5.54. The fourth-order valence-electron chi connectivity index (χ4n) is 3.58. The van der Waals surface area contributed by atoms with Crippen LogP contribution in [0.1, 0.15) is 18.6 Å². The van der Waals surface area contributed by atoms with E-state index in [1.54, 1.807) is 61.6 Å². The van der Waals surface area contributed by atoms with Gasteiger partial charge in [0.15, 0.2) is 6.10 Å². The van der Waals surface area contributed by atoms with Gasteiger partial charge in [0.2, 0.25) is 5.91 Å². The molecule has 5 heteroatoms. The van der Waals surface area contributed by atoms with E-state index in [9.17, 15) is 14.7 Å². The van der Waals surface area contributed by atoms with Gasteiger partial charge in [-0.3, -0.25) is 4.79 Å². The van der Waals surface area contributed by atoms with Crippen LogP contribution in [-0.4, -0.2) is 34.2 Å². The highest BCUT2D eigenvalue weighted by Gasteiger charge is 2.50. The summed E-state index contributed by atoms with van der Waals surface area (Å²) in [5.74, 6) is -1.31. The lowest BCUT2D eigenvalue weighted by molar-refractivity contribution is -0.136. The maximum absolute atomic E-state index is 13.2. The number of benzene rings is 1. The van der Waals surface area contributed by atoms with E-state index < -0.39 is 36.2 Å². The summed E-state index contributed by atoms with van der Waals surface area (Å²) in [5.41, 5.74) is 8.12. The number of carbonyl (C=O) groups is 2. The molecule has 1 aromatic rings. The fraction of sp³-hybridized carbons (Fsp3) is 0.217. The maximum Gasteiger partial charge on any atom is 0.418 e. The van der Waals surface area contributed by atoms with Gasteiger partial charge in [-0.2, -0.15) is 0 Å². The lowest BCUT2D eigenvalue weighted by atomic mass is 9.93. The van der Waals surface area contributed by atoms with Gasteiger partial charge in [-0.25, -0.2) is 9.69 Å². The molecule has 5 nitrogen and oxygen atoms in total. The Labute approximate surface area is 162 Å². The van der Waals surface area contributed by atoms with Crippen LogP contribution in [-0.2, 0) is 9.53 Å². The van der Waals surface area contributed by atoms with Crippen molar-refractivity contribution in [1.29, 1.82) is 0 Å². The first-order chi connectivity index (χ1) is 13.6. The van der Waals surface area contributed by atoms with Gasteiger partial charge >= 0.3 is 6.09 Å². The van der Waals surface area contributed by atoms with Crippen molar-refractivity contribution in [1.82, 2.24) is 4.90 Å². The molecular formula is C23H19NO4. The normalized spacial score (nSPS) is 24.4. The van der Waals surface area contributed by atoms with Gasteiger partial charge in [0.05, 0.1) is 12.0 Å². The molecule has 0 spiro atoms. The van der Waals surface area contributed by atoms with E-state index in [0.717, 1.165) is 4.90 Å². The van der Waals surface area contributed by atoms with Crippen molar-refractivity contribution in [2.45, 2.75) is 25.2 Å². The van der Waals surface area contributed by atoms with Crippen LogP contribution in [0.2, 0.25) is 0 Å². The van der Waals surface area contributed by atoms with Gasteiger partial charge < -0.3 is 9.84 Å². The van der Waals surface area contributed by atoms with Crippen molar-refractivity contribution < 1.29 is 19.4 Å². The van der Waals surface area contributed by atoms with Crippen molar-refractivity contribution in [2.24, 2.45) is 5.92 Å². The van der Waals surface area contributed by atoms with Gasteiger partial charge in [-0.15, -0.1) is 11.5 Å². The molecule has 28 heavy (non-hydrogen) atoms. The Hall–Kier alpha value is -3.36. The van der Waals surface area contributed by atoms with Crippen LogP contribution in [0, 0.1) is 5.92 Å². The van der Waals surface area contributed by atoms with Crippen LogP contribution in [0.25, 0.3) is 0 Å². The first-order valence-corrected chi connectivity index (χ1v) is 9.11. The van der Waals surface area contributed by atoms with E-state index in [2.05, 4.69) is 11.5 Å². The Balaban J connectivity index is 1.66. The number of amides is 2. The summed E-state index contributed by atoms with van der Waals surface area (Å²) in [6, 6.07) is 8.27. The molecule has 1 heterocycles. The molecule has 0 aromatic heterocycles. The summed E-state index contributed by atoms with van der Waals surface area (Å²) >= 11 is 0. The predicted molar refractivity (Wildman–Crippen MR) is 103 cm³/mol. The van der Waals surface area contributed by atoms with E-state index in [1.165, 1.54) is 0 Å². The molecule has 0 unspecified atom stereocenters. The Bertz CT molecular complexity index is 1000. The number of carbonyl (C=O) groups excluding carboxylic acids is 2. The van der Waals surface area contributed by atoms with E-state index in [0.29, 0.717) is 16.7 Å². The van der Waals surface area contributed by atoms with Crippen LogP contribution in [0.15, 0.2) is 89.4 Å². The Kier molecular flexibility index (Phi) is 4.72. The van der Waals surface area contributed by atoms with Gasteiger partial charge in [0.25, 0.3) is 0 Å². The number of nitrogens with zero attached hydrogens (tertiary/aromatic N) is 1. The second-order valence-electron chi connectivity index (χ2n) is 6.85. The highest BCUT2D eigenvalue weighted by molar-refractivity contribution is 5.96. The van der Waals surface area contributed by atoms with Crippen molar-refractivity contribution in [3.8, 4) is 0 Å². The molecule has 1 aromatic carbocycles. The monoisotopic (exact) mass is 373 g/mol. The SMILES string of the molecule is C[C@@H](C(=O)N1C(=O)O[C@H](C2=C=CC=C2)[C@@H]1C1=C=CC=C1)[C@@H](O)c1ccccc1. The zero-order chi connectivity index (χ0) is 19.7. The van der Waals surface area contributed by atoms with Gasteiger partial charge in [-0.1, -0.05) is 49.4 Å². The lowest BCUT2D eigenvalue weighted by Crippen LogP contribution is -2.45. The van der Waals surface area contributed by atoms with Crippen LogP contribution in [0.3, 0.4) is 0 Å². The van der Waals surface area contributed by atoms with Gasteiger partial charge in [-0.05, 0) is 29.9 Å². The van der Waals surface area contributed by atoms with Crippen LogP contribution in [0.4, 0.5) is 4.79 Å². The number of aliphatic hydroxyl groups is 1. The third-order valence-corrected chi connectivity index (χ3v) is 5.10. The van der Waals surface area contributed by atoms with E-state index in [4.69, 9.17) is 4.74 Å². The Morgan fingerprint density at radius 1 is 1.11 bits per heavy atom. The number of ether oxygens (including phenoxy) is 1. The Morgan fingerprint density at radius 3 is 2.36 bits per heavy atom. The summed E-state index contributed by atoms with van der Waals surface area (Å²) in [7, 11) is 0. The van der Waals surface area contributed by atoms with Crippen molar-refractivity contribution >= 4 is 12.0 Å². The van der Waals surface area contributed by atoms with E-state index in [1.807, 2.05) is 12.1 Å². The van der Waals surface area contributed by atoms with Crippen LogP contribution >= 0.6 is 0 Å². The van der Waals surface area contributed by atoms with Crippen molar-refractivity contribution in [2.75, 3.05) is 0 Å². The molecule has 4 atom stereocenters. The van der Waals surface area contributed by atoms with E-state index >= 15 is 0 Å². The number of aliphatic hydroxyl groups excluding tert-OH is 1. The van der Waals surface area contributed by atoms with Crippen molar-refractivity contribution in [3.63, 3.8) is 0 Å². The van der Waals surface area contributed by atoms with Gasteiger partial charge in [0.1, 0.15) is 6.04 Å². The maximum atomic E-state index is 13.2. The molecule has 1 N–H and O–H groups in total. The number of allylic oxidation sites excluding steroid dienone is 2. The third-order valence-electron chi connectivity index (χ3n) is 5.10. The molecule has 140 valence electrons. The molecule has 0 saturated carbocycles. The summed E-state index contributed by atoms with van der Waals surface area (Å²) in [4.78, 5) is 27.0. The average molecular weight is 373 g/mol. The number of imide groups is 1. The standard InChI is InChI=1S/C23H19NO4/c1-15(20(25)17-11-3-2-4-12-17)22(26)24-19(16-9-5-6-10-16)21(28-23(24)27)18-13-7-8-14-18/h2-9,11-13,15,19-21,25H,1H3/t15-,19+,20-,21-/m1/s1. The first-order valence-electron chi connectivity index (χ1n) is 9.11. The van der Waals surface area contributed by atoms with Crippen LogP contribution < -0.4 is 0 Å². The largest absolute Gasteiger partial charge is 0.438 e. The highest BCUT2D eigenvalue weighted by Crippen LogP contribution is 2.35. The minimum atomic E-state index is -1.03. The summed E-state index contributed by atoms with van der Waals surface area (Å²) in [5, 5.41) is 10.7. The molecule has 0 bridgehead atoms. The van der Waals surface area contributed by atoms with E-state index in [-0.39, 0.29) is 0 Å². The summed E-state index contributed by atoms with van der Waals surface area (Å²) in [6.07, 6.45) is 8.27. The summed E-state index contributed by atoms with van der Waals surface area (Å²) in [6.45, 7) is 1.61. The smallest absolute Gasteiger partial charge is 0.418 e. The molecule has 4 rings (SSSR count). The Morgan fingerprint density at radius 2 is 1.75 bits per heavy atom. The molecule has 1 saturated heterocycles. The second kappa shape index (κ2) is 7.34. The molecule has 1 fully saturated rings. The molecule has 3 aliphatic rings. The molecule has 0 radical (unpaired) electrons. The molecule has 2 amide bonds. The zero-order valence-electron chi connectivity index (χ0n) is 15.3. The fourth-order valence-corrected chi connectivity index (χ4v) is 3.58. The lowest BCUT2D eigenvalue weighted by Gasteiger charge is -2.27. The molecule has 1 aliphatic heterocycles. The van der Waals surface area contributed by atoms with Crippen LogP contribution in [0.5, 0.6) is 0 Å². The average Bonchev–Trinajstić information content (AvgIpc) is 3.47. The predicted octanol–water partition coefficient (Wildman–Crippen LogP) is 3.37. The minimum Gasteiger partial charge on any atom is -0.438 e. The zero-order valence-corrected chi connectivity index (χ0v) is 15.3. The van der Waals surface area contributed by atoms with Gasteiger partial charge in [0, 0.05) is 11.1 Å². The number of hydrogen-bond donors (Lipinski definition) is 1. The second-order valence-corrected chi connectivity index (χ2v) is 6.85. The quantitative estimate of drug-likeness (QED) is 0.804. The number of cyclic esters (lactones) is 1. The third kappa shape index (κ3) is 3.08. The molecule has 2 aliphatic carbocycles. The number of rotatable bonds is 5. The molecular weight excluding hydrogens is 354 g/mol.